The highest BCUT2D eigenvalue weighted by atomic mass is 15.2. The van der Waals surface area contributed by atoms with Crippen LogP contribution in [0.1, 0.15) is 36.8 Å². The first kappa shape index (κ1) is 25.2. The first-order valence-corrected chi connectivity index (χ1v) is 17.0. The molecule has 3 heteroatoms. The number of nitrogens with zero attached hydrogens (tertiary/aromatic N) is 2. The predicted molar refractivity (Wildman–Crippen MR) is 192 cm³/mol. The molecule has 46 heavy (non-hydrogen) atoms. The fraction of sp³-hybridized carbons (Fsp3) is 0.163. The summed E-state index contributed by atoms with van der Waals surface area (Å²) >= 11 is 0. The highest BCUT2D eigenvalue weighted by Crippen LogP contribution is 2.66. The predicted octanol–water partition coefficient (Wildman–Crippen LogP) is 8.86. The van der Waals surface area contributed by atoms with Crippen molar-refractivity contribution in [1.82, 2.24) is 0 Å². The van der Waals surface area contributed by atoms with Crippen molar-refractivity contribution >= 4 is 57.2 Å². The molecule has 2 fully saturated rings. The smallest absolute Gasteiger partial charge is 0.252 e. The van der Waals surface area contributed by atoms with Gasteiger partial charge in [-0.2, -0.15) is 0 Å². The summed E-state index contributed by atoms with van der Waals surface area (Å²) in [5, 5.41) is 0. The van der Waals surface area contributed by atoms with Crippen LogP contribution in [-0.2, 0) is 5.41 Å². The number of rotatable bonds is 2. The molecule has 2 heterocycles. The number of hydrogen-bond donors (Lipinski definition) is 0. The minimum Gasteiger partial charge on any atom is -0.311 e. The van der Waals surface area contributed by atoms with Gasteiger partial charge in [0.1, 0.15) is 0 Å². The molecule has 0 N–H and O–H groups in total. The second-order valence-electron chi connectivity index (χ2n) is 14.1. The summed E-state index contributed by atoms with van der Waals surface area (Å²) in [5.74, 6) is 1.60. The normalized spacial score (nSPS) is 22.4. The fourth-order valence-corrected chi connectivity index (χ4v) is 10.5. The zero-order chi connectivity index (χ0) is 30.0. The molecule has 0 aromatic heterocycles. The van der Waals surface area contributed by atoms with Gasteiger partial charge < -0.3 is 9.80 Å². The van der Waals surface area contributed by atoms with E-state index in [2.05, 4.69) is 149 Å². The Labute approximate surface area is 271 Å². The molecule has 6 aromatic rings. The van der Waals surface area contributed by atoms with Gasteiger partial charge in [-0.15, -0.1) is 0 Å². The lowest BCUT2D eigenvalue weighted by Gasteiger charge is -2.44. The van der Waals surface area contributed by atoms with E-state index in [1.165, 1.54) is 87.3 Å². The lowest BCUT2D eigenvalue weighted by Crippen LogP contribution is -2.61. The van der Waals surface area contributed by atoms with Crippen LogP contribution < -0.4 is 26.2 Å². The molecular weight excluding hydrogens is 555 g/mol. The molecule has 2 aliphatic heterocycles. The lowest BCUT2D eigenvalue weighted by atomic mass is 9.33. The fourth-order valence-electron chi connectivity index (χ4n) is 10.5. The van der Waals surface area contributed by atoms with Crippen molar-refractivity contribution in [1.29, 1.82) is 0 Å². The Kier molecular flexibility index (Phi) is 4.95. The highest BCUT2D eigenvalue weighted by Gasteiger charge is 2.57. The minimum absolute atomic E-state index is 0.155. The number of benzene rings is 6. The molecule has 11 rings (SSSR count). The maximum atomic E-state index is 2.60. The molecule has 1 spiro atoms. The molecule has 2 bridgehead atoms. The lowest BCUT2D eigenvalue weighted by molar-refractivity contribution is 0.327. The van der Waals surface area contributed by atoms with Gasteiger partial charge in [0.15, 0.2) is 0 Å². The molecule has 3 unspecified atom stereocenters. The SMILES string of the molecule is c1ccc(N2c3ccccc3B3c4ccccc4N(c4ccc5c(c4)C4(CC6CCC4C6)c4ccccc4-5)c4cccc2c43)cc1. The molecule has 3 aliphatic carbocycles. The summed E-state index contributed by atoms with van der Waals surface area (Å²) in [4.78, 5) is 5.05. The first-order valence-electron chi connectivity index (χ1n) is 17.0. The van der Waals surface area contributed by atoms with Crippen molar-refractivity contribution in [3.8, 4) is 11.1 Å². The van der Waals surface area contributed by atoms with Crippen molar-refractivity contribution < 1.29 is 0 Å². The third-order valence-electron chi connectivity index (χ3n) is 12.1. The standard InChI is InChI=1S/C43H33BN2/c1-2-11-30(12-3-1)45-38-17-8-6-15-36(38)44-37-16-7-9-18-39(37)46(41-20-10-19-40(45)42(41)44)31-23-24-33-32-13-4-5-14-34(32)43(35(33)26-31)27-28-21-22-29(43)25-28/h1-20,23-24,26,28-29H,21-22,25,27H2. The average molecular weight is 589 g/mol. The zero-order valence-electron chi connectivity index (χ0n) is 25.7. The van der Waals surface area contributed by atoms with Gasteiger partial charge in [-0.1, -0.05) is 97.4 Å². The number of anilines is 6. The van der Waals surface area contributed by atoms with Crippen LogP contribution in [0.25, 0.3) is 11.1 Å². The molecule has 0 amide bonds. The van der Waals surface area contributed by atoms with E-state index < -0.39 is 0 Å². The van der Waals surface area contributed by atoms with Gasteiger partial charge in [-0.25, -0.2) is 0 Å². The van der Waals surface area contributed by atoms with Crippen LogP contribution in [0.2, 0.25) is 0 Å². The van der Waals surface area contributed by atoms with E-state index in [9.17, 15) is 0 Å². The van der Waals surface area contributed by atoms with E-state index in [1.807, 2.05) is 0 Å². The van der Waals surface area contributed by atoms with Crippen LogP contribution >= 0.6 is 0 Å². The van der Waals surface area contributed by atoms with E-state index in [0.717, 1.165) is 11.8 Å². The van der Waals surface area contributed by atoms with E-state index >= 15 is 0 Å². The van der Waals surface area contributed by atoms with Gasteiger partial charge in [0, 0.05) is 39.5 Å². The monoisotopic (exact) mass is 588 g/mol. The van der Waals surface area contributed by atoms with E-state index in [1.54, 1.807) is 11.1 Å². The highest BCUT2D eigenvalue weighted by molar-refractivity contribution is 7.00. The molecule has 5 aliphatic rings. The van der Waals surface area contributed by atoms with Gasteiger partial charge in [-0.05, 0) is 118 Å². The molecule has 0 saturated heterocycles. The zero-order valence-corrected chi connectivity index (χ0v) is 25.7. The van der Waals surface area contributed by atoms with Crippen LogP contribution in [0.4, 0.5) is 34.1 Å². The molecule has 0 radical (unpaired) electrons. The summed E-state index contributed by atoms with van der Waals surface area (Å²) in [6.45, 7) is 0.172. The Morgan fingerprint density at radius 2 is 1.15 bits per heavy atom. The van der Waals surface area contributed by atoms with Crippen LogP contribution in [0.5, 0.6) is 0 Å². The molecule has 218 valence electrons. The Morgan fingerprint density at radius 1 is 0.522 bits per heavy atom. The molecule has 3 atom stereocenters. The summed E-state index contributed by atoms with van der Waals surface area (Å²) in [6.07, 6.45) is 5.44. The van der Waals surface area contributed by atoms with Crippen molar-refractivity contribution in [2.45, 2.75) is 31.1 Å². The summed E-state index contributed by atoms with van der Waals surface area (Å²) in [7, 11) is 0. The maximum absolute atomic E-state index is 2.60. The molecule has 6 aromatic carbocycles. The van der Waals surface area contributed by atoms with E-state index in [0.29, 0.717) is 0 Å². The van der Waals surface area contributed by atoms with Crippen molar-refractivity contribution in [3.05, 3.63) is 151 Å². The van der Waals surface area contributed by atoms with Gasteiger partial charge in [0.2, 0.25) is 0 Å². The molecular formula is C43H33BN2. The first-order chi connectivity index (χ1) is 22.8. The largest absolute Gasteiger partial charge is 0.311 e. The molecule has 2 saturated carbocycles. The van der Waals surface area contributed by atoms with E-state index in [-0.39, 0.29) is 12.1 Å². The second-order valence-corrected chi connectivity index (χ2v) is 14.1. The Hall–Kier alpha value is -5.02. The summed E-state index contributed by atoms with van der Waals surface area (Å²) in [6, 6.07) is 52.7. The van der Waals surface area contributed by atoms with Gasteiger partial charge in [-0.3, -0.25) is 0 Å². The Balaban J connectivity index is 1.16. The average Bonchev–Trinajstić information content (AvgIpc) is 3.81. The number of para-hydroxylation sites is 3. The van der Waals surface area contributed by atoms with E-state index in [4.69, 9.17) is 0 Å². The number of fused-ring (bicyclic) bond motifs is 12. The minimum atomic E-state index is 0.155. The number of hydrogen-bond acceptors (Lipinski definition) is 2. The van der Waals surface area contributed by atoms with Crippen molar-refractivity contribution in [2.75, 3.05) is 9.80 Å². The third-order valence-corrected chi connectivity index (χ3v) is 12.1. The van der Waals surface area contributed by atoms with Crippen molar-refractivity contribution in [2.24, 2.45) is 11.8 Å². The molecule has 2 nitrogen and oxygen atoms in total. The summed E-state index contributed by atoms with van der Waals surface area (Å²) in [5.41, 5.74) is 17.9. The van der Waals surface area contributed by atoms with Crippen LogP contribution in [0.15, 0.2) is 140 Å². The van der Waals surface area contributed by atoms with Gasteiger partial charge in [0.05, 0.1) is 0 Å². The maximum Gasteiger partial charge on any atom is 0.252 e. The topological polar surface area (TPSA) is 6.48 Å². The quantitative estimate of drug-likeness (QED) is 0.186. The van der Waals surface area contributed by atoms with Crippen LogP contribution in [-0.4, -0.2) is 6.71 Å². The van der Waals surface area contributed by atoms with Gasteiger partial charge >= 0.3 is 0 Å². The third kappa shape index (κ3) is 3.09. The summed E-state index contributed by atoms with van der Waals surface area (Å²) < 4.78 is 0. The second kappa shape index (κ2) is 9.04. The van der Waals surface area contributed by atoms with Crippen molar-refractivity contribution in [3.63, 3.8) is 0 Å². The van der Waals surface area contributed by atoms with Crippen LogP contribution in [0.3, 0.4) is 0 Å². The Morgan fingerprint density at radius 3 is 1.87 bits per heavy atom. The van der Waals surface area contributed by atoms with Crippen LogP contribution in [0, 0.1) is 11.8 Å². The van der Waals surface area contributed by atoms with Gasteiger partial charge in [0.25, 0.3) is 6.71 Å². The Bertz CT molecular complexity index is 2220.